The molecule has 1 unspecified atom stereocenters. The summed E-state index contributed by atoms with van der Waals surface area (Å²) in [5.74, 6) is 0.418. The molecule has 2 aromatic carbocycles. The zero-order chi connectivity index (χ0) is 24.3. The normalized spacial score (nSPS) is 19.6. The van der Waals surface area contributed by atoms with Crippen molar-refractivity contribution in [1.82, 2.24) is 15.1 Å². The summed E-state index contributed by atoms with van der Waals surface area (Å²) >= 11 is 0. The van der Waals surface area contributed by atoms with Gasteiger partial charge in [-0.05, 0) is 43.5 Å². The van der Waals surface area contributed by atoms with E-state index in [4.69, 9.17) is 9.47 Å². The Hall–Kier alpha value is -3.55. The van der Waals surface area contributed by atoms with Crippen LogP contribution >= 0.6 is 0 Å². The zero-order valence-electron chi connectivity index (χ0n) is 19.9. The molecular formula is C26H31N3O5. The zero-order valence-corrected chi connectivity index (χ0v) is 19.9. The Balaban J connectivity index is 1.50. The number of hydrogen-bond acceptors (Lipinski definition) is 5. The Morgan fingerprint density at radius 3 is 2.50 bits per heavy atom. The Morgan fingerprint density at radius 1 is 1.09 bits per heavy atom. The molecule has 0 aromatic heterocycles. The van der Waals surface area contributed by atoms with Gasteiger partial charge in [0.1, 0.15) is 12.1 Å². The maximum atomic E-state index is 13.4. The molecule has 0 saturated carbocycles. The first-order chi connectivity index (χ1) is 16.3. The minimum absolute atomic E-state index is 0.270. The summed E-state index contributed by atoms with van der Waals surface area (Å²) in [5, 5.41) is 2.77. The molecule has 2 heterocycles. The van der Waals surface area contributed by atoms with Gasteiger partial charge >= 0.3 is 6.03 Å². The number of carbonyl (C=O) groups is 3. The van der Waals surface area contributed by atoms with Crippen LogP contribution in [0.4, 0.5) is 4.79 Å². The van der Waals surface area contributed by atoms with Crippen LogP contribution in [0.1, 0.15) is 43.4 Å². The van der Waals surface area contributed by atoms with Crippen molar-refractivity contribution in [1.29, 1.82) is 0 Å². The van der Waals surface area contributed by atoms with Gasteiger partial charge in [-0.3, -0.25) is 14.5 Å². The van der Waals surface area contributed by atoms with E-state index in [9.17, 15) is 14.4 Å². The van der Waals surface area contributed by atoms with Gasteiger partial charge in [-0.15, -0.1) is 0 Å². The van der Waals surface area contributed by atoms with Crippen molar-refractivity contribution < 1.29 is 23.9 Å². The highest BCUT2D eigenvalue weighted by Gasteiger charge is 2.50. The topological polar surface area (TPSA) is 88.2 Å². The highest BCUT2D eigenvalue weighted by atomic mass is 16.5. The lowest BCUT2D eigenvalue weighted by Crippen LogP contribution is -2.44. The fraction of sp³-hybridized carbons (Fsp3) is 0.423. The molecule has 8 nitrogen and oxygen atoms in total. The number of rotatable bonds is 7. The van der Waals surface area contributed by atoms with E-state index in [1.165, 1.54) is 0 Å². The SMILES string of the molecule is CCCN(Cc1ccc(C)cc1)C(=O)CN1C(=O)NC(C)(c2ccc3c(c2)OCCCO3)C1=O. The Morgan fingerprint density at radius 2 is 1.79 bits per heavy atom. The van der Waals surface area contributed by atoms with Gasteiger partial charge < -0.3 is 19.7 Å². The predicted molar refractivity (Wildman–Crippen MR) is 127 cm³/mol. The number of carbonyl (C=O) groups excluding carboxylic acids is 3. The van der Waals surface area contributed by atoms with Crippen molar-refractivity contribution in [2.75, 3.05) is 26.3 Å². The first-order valence-electron chi connectivity index (χ1n) is 11.7. The summed E-state index contributed by atoms with van der Waals surface area (Å²) in [6.07, 6.45) is 1.54. The molecule has 4 amide bonds. The highest BCUT2D eigenvalue weighted by Crippen LogP contribution is 2.36. The van der Waals surface area contributed by atoms with Gasteiger partial charge in [0.25, 0.3) is 5.91 Å². The summed E-state index contributed by atoms with van der Waals surface area (Å²) in [5.41, 5.74) is 1.43. The summed E-state index contributed by atoms with van der Waals surface area (Å²) in [4.78, 5) is 42.0. The van der Waals surface area contributed by atoms with Crippen LogP contribution in [0.2, 0.25) is 0 Å². The lowest BCUT2D eigenvalue weighted by molar-refractivity contribution is -0.139. The molecule has 4 rings (SSSR count). The number of imide groups is 1. The molecule has 1 atom stereocenters. The molecule has 2 aliphatic heterocycles. The average Bonchev–Trinajstić information content (AvgIpc) is 2.98. The minimum atomic E-state index is -1.30. The molecule has 2 aliphatic rings. The van der Waals surface area contributed by atoms with E-state index in [2.05, 4.69) is 5.32 Å². The van der Waals surface area contributed by atoms with Crippen molar-refractivity contribution in [2.45, 2.75) is 45.7 Å². The second-order valence-corrected chi connectivity index (χ2v) is 8.96. The molecule has 0 bridgehead atoms. The number of benzene rings is 2. The number of hydrogen-bond donors (Lipinski definition) is 1. The molecular weight excluding hydrogens is 434 g/mol. The smallest absolute Gasteiger partial charge is 0.325 e. The van der Waals surface area contributed by atoms with Crippen molar-refractivity contribution in [3.05, 3.63) is 59.2 Å². The third-order valence-electron chi connectivity index (χ3n) is 6.23. The van der Waals surface area contributed by atoms with Gasteiger partial charge in [0, 0.05) is 19.5 Å². The molecule has 1 fully saturated rings. The number of aryl methyl sites for hydroxylation is 1. The molecule has 0 aliphatic carbocycles. The van der Waals surface area contributed by atoms with Crippen molar-refractivity contribution in [3.8, 4) is 11.5 Å². The lowest BCUT2D eigenvalue weighted by atomic mass is 9.91. The molecule has 34 heavy (non-hydrogen) atoms. The Bertz CT molecular complexity index is 1080. The van der Waals surface area contributed by atoms with Crippen molar-refractivity contribution in [3.63, 3.8) is 0 Å². The average molecular weight is 466 g/mol. The second kappa shape index (κ2) is 9.75. The molecule has 1 N–H and O–H groups in total. The van der Waals surface area contributed by atoms with Crippen LogP contribution < -0.4 is 14.8 Å². The van der Waals surface area contributed by atoms with Crippen LogP contribution in [-0.2, 0) is 21.7 Å². The summed E-state index contributed by atoms with van der Waals surface area (Å²) in [6.45, 7) is 7.38. The third kappa shape index (κ3) is 4.71. The van der Waals surface area contributed by atoms with E-state index in [0.29, 0.717) is 43.4 Å². The minimum Gasteiger partial charge on any atom is -0.490 e. The predicted octanol–water partition coefficient (Wildman–Crippen LogP) is 3.36. The van der Waals surface area contributed by atoms with Crippen LogP contribution in [0.25, 0.3) is 0 Å². The molecule has 0 radical (unpaired) electrons. The monoisotopic (exact) mass is 465 g/mol. The van der Waals surface area contributed by atoms with E-state index in [-0.39, 0.29) is 12.5 Å². The third-order valence-corrected chi connectivity index (χ3v) is 6.23. The number of nitrogens with zero attached hydrogens (tertiary/aromatic N) is 2. The number of nitrogens with one attached hydrogen (secondary N) is 1. The van der Waals surface area contributed by atoms with Gasteiger partial charge in [-0.25, -0.2) is 4.79 Å². The maximum Gasteiger partial charge on any atom is 0.325 e. The van der Waals surface area contributed by atoms with Crippen LogP contribution in [-0.4, -0.2) is 53.9 Å². The molecule has 1 saturated heterocycles. The summed E-state index contributed by atoms with van der Waals surface area (Å²) < 4.78 is 11.4. The van der Waals surface area contributed by atoms with Crippen LogP contribution in [0, 0.1) is 6.92 Å². The Kier molecular flexibility index (Phi) is 6.77. The van der Waals surface area contributed by atoms with E-state index >= 15 is 0 Å². The van der Waals surface area contributed by atoms with Gasteiger partial charge in [0.2, 0.25) is 5.91 Å². The highest BCUT2D eigenvalue weighted by molar-refractivity contribution is 6.09. The Labute approximate surface area is 199 Å². The standard InChI is InChI=1S/C26H31N3O5/c1-4-12-28(16-19-8-6-18(2)7-9-19)23(30)17-29-24(31)26(3,27-25(29)32)20-10-11-21-22(15-20)34-14-5-13-33-21/h6-11,15H,4-5,12-14,16-17H2,1-3H3,(H,27,32). The van der Waals surface area contributed by atoms with E-state index in [1.807, 2.05) is 38.1 Å². The van der Waals surface area contributed by atoms with E-state index < -0.39 is 17.5 Å². The van der Waals surface area contributed by atoms with Gasteiger partial charge in [-0.2, -0.15) is 0 Å². The first kappa shape index (κ1) is 23.6. The lowest BCUT2D eigenvalue weighted by Gasteiger charge is -2.25. The fourth-order valence-corrected chi connectivity index (χ4v) is 4.22. The molecule has 8 heteroatoms. The first-order valence-corrected chi connectivity index (χ1v) is 11.7. The molecule has 2 aromatic rings. The fourth-order valence-electron chi connectivity index (χ4n) is 4.22. The molecule has 180 valence electrons. The summed E-state index contributed by atoms with van der Waals surface area (Å²) in [6, 6.07) is 12.6. The quantitative estimate of drug-likeness (QED) is 0.634. The molecule has 0 spiro atoms. The van der Waals surface area contributed by atoms with E-state index in [1.54, 1.807) is 30.0 Å². The number of ether oxygens (including phenoxy) is 2. The maximum absolute atomic E-state index is 13.4. The van der Waals surface area contributed by atoms with Crippen LogP contribution in [0.5, 0.6) is 11.5 Å². The van der Waals surface area contributed by atoms with Crippen LogP contribution in [0.3, 0.4) is 0 Å². The van der Waals surface area contributed by atoms with Crippen LogP contribution in [0.15, 0.2) is 42.5 Å². The second-order valence-electron chi connectivity index (χ2n) is 8.96. The summed E-state index contributed by atoms with van der Waals surface area (Å²) in [7, 11) is 0. The number of fused-ring (bicyclic) bond motifs is 1. The van der Waals surface area contributed by atoms with E-state index in [0.717, 1.165) is 28.9 Å². The van der Waals surface area contributed by atoms with Crippen molar-refractivity contribution >= 4 is 17.8 Å². The van der Waals surface area contributed by atoms with Gasteiger partial charge in [0.15, 0.2) is 11.5 Å². The number of urea groups is 1. The van der Waals surface area contributed by atoms with Crippen molar-refractivity contribution in [2.24, 2.45) is 0 Å². The van der Waals surface area contributed by atoms with Gasteiger partial charge in [0.05, 0.1) is 13.2 Å². The number of amides is 4. The largest absolute Gasteiger partial charge is 0.490 e. The van der Waals surface area contributed by atoms with Gasteiger partial charge in [-0.1, -0.05) is 42.8 Å².